The number of hydrogen-bond acceptors (Lipinski definition) is 3. The van der Waals surface area contributed by atoms with Crippen molar-refractivity contribution in [2.24, 2.45) is 5.92 Å². The van der Waals surface area contributed by atoms with Crippen molar-refractivity contribution >= 4 is 34.9 Å². The standard InChI is InChI=1S/C17H16ClN3O2/c1-11-3-2-8-19-16(11)20-17(23)12-9-15(22)21(10-12)14-6-4-13(18)5-7-14/h2-8,12H,9-10H2,1H3,(H,19,20,23)/t12-/m0/s1. The number of aryl methyl sites for hydroxylation is 1. The Morgan fingerprint density at radius 3 is 2.74 bits per heavy atom. The van der Waals surface area contributed by atoms with Crippen LogP contribution in [0.4, 0.5) is 11.5 Å². The summed E-state index contributed by atoms with van der Waals surface area (Å²) in [6.45, 7) is 2.24. The summed E-state index contributed by atoms with van der Waals surface area (Å²) in [5.74, 6) is -0.101. The first-order valence-corrected chi connectivity index (χ1v) is 7.71. The minimum atomic E-state index is -0.389. The molecule has 3 rings (SSSR count). The quantitative estimate of drug-likeness (QED) is 0.941. The molecule has 1 aromatic heterocycles. The van der Waals surface area contributed by atoms with Crippen LogP contribution in [0.2, 0.25) is 5.02 Å². The molecule has 1 aromatic carbocycles. The van der Waals surface area contributed by atoms with Gasteiger partial charge in [0, 0.05) is 29.9 Å². The van der Waals surface area contributed by atoms with Crippen molar-refractivity contribution in [3.8, 4) is 0 Å². The van der Waals surface area contributed by atoms with Crippen LogP contribution >= 0.6 is 11.6 Å². The van der Waals surface area contributed by atoms with Crippen molar-refractivity contribution in [2.45, 2.75) is 13.3 Å². The number of anilines is 2. The first kappa shape index (κ1) is 15.5. The summed E-state index contributed by atoms with van der Waals surface area (Å²) in [4.78, 5) is 30.4. The third-order valence-corrected chi connectivity index (χ3v) is 4.14. The number of nitrogens with one attached hydrogen (secondary N) is 1. The second-order valence-corrected chi connectivity index (χ2v) is 5.98. The molecule has 1 atom stereocenters. The number of benzene rings is 1. The Morgan fingerprint density at radius 2 is 2.04 bits per heavy atom. The number of hydrogen-bond donors (Lipinski definition) is 1. The first-order valence-electron chi connectivity index (χ1n) is 7.33. The number of rotatable bonds is 3. The molecule has 23 heavy (non-hydrogen) atoms. The highest BCUT2D eigenvalue weighted by Crippen LogP contribution is 2.27. The molecule has 1 aliphatic heterocycles. The van der Waals surface area contributed by atoms with Crippen LogP contribution in [0.1, 0.15) is 12.0 Å². The molecule has 1 N–H and O–H groups in total. The Labute approximate surface area is 139 Å². The van der Waals surface area contributed by atoms with Crippen molar-refractivity contribution in [3.63, 3.8) is 0 Å². The van der Waals surface area contributed by atoms with Crippen LogP contribution in [-0.4, -0.2) is 23.3 Å². The molecular weight excluding hydrogens is 314 g/mol. The van der Waals surface area contributed by atoms with E-state index in [1.165, 1.54) is 0 Å². The largest absolute Gasteiger partial charge is 0.312 e. The summed E-state index contributed by atoms with van der Waals surface area (Å²) < 4.78 is 0. The number of halogens is 1. The van der Waals surface area contributed by atoms with E-state index in [9.17, 15) is 9.59 Å². The second kappa shape index (κ2) is 6.38. The molecule has 1 fully saturated rings. The third-order valence-electron chi connectivity index (χ3n) is 3.89. The predicted octanol–water partition coefficient (Wildman–Crippen LogP) is 3.04. The smallest absolute Gasteiger partial charge is 0.230 e. The molecule has 2 aromatic rings. The topological polar surface area (TPSA) is 62.3 Å². The third kappa shape index (κ3) is 3.35. The van der Waals surface area contributed by atoms with Gasteiger partial charge in [0.2, 0.25) is 11.8 Å². The van der Waals surface area contributed by atoms with Gasteiger partial charge in [-0.15, -0.1) is 0 Å². The fourth-order valence-electron chi connectivity index (χ4n) is 2.59. The molecule has 1 saturated heterocycles. The summed E-state index contributed by atoms with van der Waals surface area (Å²) in [5, 5.41) is 3.42. The van der Waals surface area contributed by atoms with Gasteiger partial charge in [-0.2, -0.15) is 0 Å². The minimum absolute atomic E-state index is 0.0646. The van der Waals surface area contributed by atoms with Crippen LogP contribution in [-0.2, 0) is 9.59 Å². The number of carbonyl (C=O) groups is 2. The van der Waals surface area contributed by atoms with E-state index in [1.807, 2.05) is 19.1 Å². The lowest BCUT2D eigenvalue weighted by atomic mass is 10.1. The number of aromatic nitrogens is 1. The highest BCUT2D eigenvalue weighted by Gasteiger charge is 2.35. The van der Waals surface area contributed by atoms with E-state index in [0.29, 0.717) is 17.4 Å². The van der Waals surface area contributed by atoms with Crippen LogP contribution < -0.4 is 10.2 Å². The van der Waals surface area contributed by atoms with Crippen LogP contribution in [0.15, 0.2) is 42.6 Å². The normalized spacial score (nSPS) is 17.4. The van der Waals surface area contributed by atoms with E-state index >= 15 is 0 Å². The summed E-state index contributed by atoms with van der Waals surface area (Å²) in [6.07, 6.45) is 1.82. The molecule has 1 aliphatic rings. The number of pyridine rings is 1. The van der Waals surface area contributed by atoms with Gasteiger partial charge in [-0.1, -0.05) is 17.7 Å². The zero-order chi connectivity index (χ0) is 16.4. The minimum Gasteiger partial charge on any atom is -0.312 e. The summed E-state index contributed by atoms with van der Waals surface area (Å²) >= 11 is 5.86. The summed E-state index contributed by atoms with van der Waals surface area (Å²) in [6, 6.07) is 10.7. The molecule has 2 amide bonds. The van der Waals surface area contributed by atoms with Crippen molar-refractivity contribution in [3.05, 3.63) is 53.2 Å². The monoisotopic (exact) mass is 329 g/mol. The molecule has 5 nitrogen and oxygen atoms in total. The van der Waals surface area contributed by atoms with Gasteiger partial charge >= 0.3 is 0 Å². The molecule has 0 spiro atoms. The van der Waals surface area contributed by atoms with Gasteiger partial charge in [0.25, 0.3) is 0 Å². The summed E-state index contributed by atoms with van der Waals surface area (Å²) in [7, 11) is 0. The number of amides is 2. The first-order chi connectivity index (χ1) is 11.0. The van der Waals surface area contributed by atoms with Gasteiger partial charge in [0.15, 0.2) is 0 Å². The molecule has 0 radical (unpaired) electrons. The maximum atomic E-state index is 12.4. The summed E-state index contributed by atoms with van der Waals surface area (Å²) in [5.41, 5.74) is 1.64. The zero-order valence-electron chi connectivity index (χ0n) is 12.6. The van der Waals surface area contributed by atoms with E-state index in [0.717, 1.165) is 11.3 Å². The maximum Gasteiger partial charge on any atom is 0.230 e. The average Bonchev–Trinajstić information content (AvgIpc) is 2.92. The maximum absolute atomic E-state index is 12.4. The van der Waals surface area contributed by atoms with Crippen molar-refractivity contribution in [2.75, 3.05) is 16.8 Å². The van der Waals surface area contributed by atoms with Crippen LogP contribution in [0.5, 0.6) is 0 Å². The van der Waals surface area contributed by atoms with Crippen LogP contribution in [0, 0.1) is 12.8 Å². The molecular formula is C17H16ClN3O2. The average molecular weight is 330 g/mol. The SMILES string of the molecule is Cc1cccnc1NC(=O)[C@H]1CC(=O)N(c2ccc(Cl)cc2)C1. The van der Waals surface area contributed by atoms with E-state index in [2.05, 4.69) is 10.3 Å². The van der Waals surface area contributed by atoms with Crippen molar-refractivity contribution in [1.29, 1.82) is 0 Å². The van der Waals surface area contributed by atoms with E-state index in [4.69, 9.17) is 11.6 Å². The Kier molecular flexibility index (Phi) is 4.30. The van der Waals surface area contributed by atoms with Gasteiger partial charge in [-0.05, 0) is 42.8 Å². The van der Waals surface area contributed by atoms with E-state index < -0.39 is 0 Å². The highest BCUT2D eigenvalue weighted by molar-refractivity contribution is 6.30. The molecule has 0 saturated carbocycles. The lowest BCUT2D eigenvalue weighted by Crippen LogP contribution is -2.28. The fourth-order valence-corrected chi connectivity index (χ4v) is 2.72. The van der Waals surface area contributed by atoms with Crippen molar-refractivity contribution in [1.82, 2.24) is 4.98 Å². The van der Waals surface area contributed by atoms with Crippen molar-refractivity contribution < 1.29 is 9.59 Å². The Balaban J connectivity index is 1.71. The highest BCUT2D eigenvalue weighted by atomic mass is 35.5. The van der Waals surface area contributed by atoms with Gasteiger partial charge < -0.3 is 10.2 Å². The van der Waals surface area contributed by atoms with Crippen LogP contribution in [0.3, 0.4) is 0 Å². The van der Waals surface area contributed by atoms with Gasteiger partial charge in [0.05, 0.1) is 5.92 Å². The Bertz CT molecular complexity index is 746. The van der Waals surface area contributed by atoms with E-state index in [1.54, 1.807) is 35.4 Å². The zero-order valence-corrected chi connectivity index (χ0v) is 13.4. The van der Waals surface area contributed by atoms with Gasteiger partial charge in [-0.25, -0.2) is 4.98 Å². The van der Waals surface area contributed by atoms with Gasteiger partial charge in [-0.3, -0.25) is 9.59 Å². The molecule has 118 valence electrons. The fraction of sp³-hybridized carbons (Fsp3) is 0.235. The Morgan fingerprint density at radius 1 is 1.30 bits per heavy atom. The molecule has 0 aliphatic carbocycles. The molecule has 0 bridgehead atoms. The molecule has 2 heterocycles. The predicted molar refractivity (Wildman–Crippen MR) is 89.5 cm³/mol. The Hall–Kier alpha value is -2.40. The lowest BCUT2D eigenvalue weighted by Gasteiger charge is -2.16. The number of carbonyl (C=O) groups excluding carboxylic acids is 2. The number of nitrogens with zero attached hydrogens (tertiary/aromatic N) is 2. The molecule has 0 unspecified atom stereocenters. The van der Waals surface area contributed by atoms with E-state index in [-0.39, 0.29) is 24.2 Å². The van der Waals surface area contributed by atoms with Crippen LogP contribution in [0.25, 0.3) is 0 Å². The molecule has 6 heteroatoms. The second-order valence-electron chi connectivity index (χ2n) is 5.54. The lowest BCUT2D eigenvalue weighted by molar-refractivity contribution is -0.122. The van der Waals surface area contributed by atoms with Gasteiger partial charge in [0.1, 0.15) is 5.82 Å².